The number of ether oxygens (including phenoxy) is 1. The van der Waals surface area contributed by atoms with Gasteiger partial charge >= 0.3 is 0 Å². The highest BCUT2D eigenvalue weighted by molar-refractivity contribution is 6.39. The monoisotopic (exact) mass is 664 g/mol. The molecule has 1 aliphatic rings. The van der Waals surface area contributed by atoms with E-state index in [4.69, 9.17) is 27.9 Å². The maximum atomic E-state index is 13.0. The van der Waals surface area contributed by atoms with Crippen molar-refractivity contribution in [3.63, 3.8) is 0 Å². The lowest BCUT2D eigenvalue weighted by atomic mass is 10.0. The first-order valence-corrected chi connectivity index (χ1v) is 15.8. The van der Waals surface area contributed by atoms with Gasteiger partial charge in [0.1, 0.15) is 11.4 Å². The van der Waals surface area contributed by atoms with Crippen LogP contribution >= 0.6 is 23.2 Å². The van der Waals surface area contributed by atoms with Crippen molar-refractivity contribution >= 4 is 40.7 Å². The second-order valence-corrected chi connectivity index (χ2v) is 11.6. The summed E-state index contributed by atoms with van der Waals surface area (Å²) < 4.78 is 18.0. The zero-order chi connectivity index (χ0) is 32.5. The van der Waals surface area contributed by atoms with Crippen LogP contribution in [0.25, 0.3) is 22.4 Å². The molecule has 1 atom stereocenters. The molecule has 46 heavy (non-hydrogen) atoms. The number of nitrogens with one attached hydrogen (secondary N) is 4. The Morgan fingerprint density at radius 2 is 1.89 bits per heavy atom. The molecule has 4 aromatic rings. The van der Waals surface area contributed by atoms with E-state index in [9.17, 15) is 14.0 Å². The Bertz CT molecular complexity index is 1690. The highest BCUT2D eigenvalue weighted by Gasteiger charge is 2.21. The molecule has 0 radical (unpaired) electrons. The molecule has 3 heterocycles. The molecule has 2 aromatic heterocycles. The van der Waals surface area contributed by atoms with Crippen LogP contribution in [0.1, 0.15) is 40.9 Å². The van der Waals surface area contributed by atoms with Gasteiger partial charge < -0.3 is 26.0 Å². The van der Waals surface area contributed by atoms with Crippen LogP contribution < -0.4 is 26.0 Å². The van der Waals surface area contributed by atoms with Gasteiger partial charge in [0, 0.05) is 66.7 Å². The Balaban J connectivity index is 1.30. The molecule has 4 N–H and O–H groups in total. The Morgan fingerprint density at radius 3 is 2.63 bits per heavy atom. The van der Waals surface area contributed by atoms with Gasteiger partial charge in [-0.2, -0.15) is 0 Å². The Hall–Kier alpha value is -4.09. The minimum absolute atomic E-state index is 0.0918. The summed E-state index contributed by atoms with van der Waals surface area (Å²) in [5, 5.41) is 13.0. The highest BCUT2D eigenvalue weighted by atomic mass is 35.5. The molecule has 0 spiro atoms. The van der Waals surface area contributed by atoms with Crippen LogP contribution in [0.2, 0.25) is 10.0 Å². The summed E-state index contributed by atoms with van der Waals surface area (Å²) in [5.74, 6) is 0.363. The lowest BCUT2D eigenvalue weighted by Crippen LogP contribution is -2.35. The van der Waals surface area contributed by atoms with Crippen LogP contribution in [-0.2, 0) is 17.9 Å². The van der Waals surface area contributed by atoms with Gasteiger partial charge in [-0.05, 0) is 49.2 Å². The molecule has 2 amide bonds. The number of anilines is 1. The van der Waals surface area contributed by atoms with Crippen LogP contribution in [0.3, 0.4) is 0 Å². The number of halogens is 3. The normalized spacial score (nSPS) is 14.3. The fourth-order valence-corrected chi connectivity index (χ4v) is 5.81. The maximum Gasteiger partial charge on any atom is 0.274 e. The van der Waals surface area contributed by atoms with E-state index in [1.54, 1.807) is 49.8 Å². The third kappa shape index (κ3) is 8.19. The fraction of sp³-hybridized carbons (Fsp3) is 0.294. The molecule has 0 bridgehead atoms. The number of carbonyl (C=O) groups excluding carboxylic acids is 2. The maximum absolute atomic E-state index is 13.0. The second kappa shape index (κ2) is 16.0. The van der Waals surface area contributed by atoms with Crippen LogP contribution in [0.15, 0.2) is 67.0 Å². The number of methoxy groups -OCH3 is 1. The van der Waals surface area contributed by atoms with Gasteiger partial charge in [0.05, 0.1) is 35.2 Å². The summed E-state index contributed by atoms with van der Waals surface area (Å²) >= 11 is 13.8. The van der Waals surface area contributed by atoms with E-state index in [2.05, 4.69) is 31.2 Å². The van der Waals surface area contributed by atoms with Crippen molar-refractivity contribution in [2.75, 3.05) is 32.2 Å². The molecular formula is C34H35Cl2FN6O3. The molecule has 1 aliphatic heterocycles. The summed E-state index contributed by atoms with van der Waals surface area (Å²) in [6.07, 6.45) is 5.12. The lowest BCUT2D eigenvalue weighted by Gasteiger charge is -2.16. The third-order valence-corrected chi connectivity index (χ3v) is 8.44. The van der Waals surface area contributed by atoms with Crippen LogP contribution in [0.4, 0.5) is 10.1 Å². The van der Waals surface area contributed by atoms with E-state index in [-0.39, 0.29) is 24.3 Å². The van der Waals surface area contributed by atoms with Gasteiger partial charge in [-0.25, -0.2) is 0 Å². The summed E-state index contributed by atoms with van der Waals surface area (Å²) in [4.78, 5) is 33.3. The quantitative estimate of drug-likeness (QED) is 0.119. The van der Waals surface area contributed by atoms with Gasteiger partial charge in [0.25, 0.3) is 5.91 Å². The summed E-state index contributed by atoms with van der Waals surface area (Å²) in [7, 11) is 1.61. The van der Waals surface area contributed by atoms with E-state index in [1.165, 1.54) is 0 Å². The van der Waals surface area contributed by atoms with E-state index >= 15 is 0 Å². The molecule has 0 unspecified atom stereocenters. The van der Waals surface area contributed by atoms with Gasteiger partial charge in [-0.15, -0.1) is 0 Å². The average Bonchev–Trinajstić information content (AvgIpc) is 3.49. The minimum Gasteiger partial charge on any atom is -0.496 e. The van der Waals surface area contributed by atoms with Crippen LogP contribution in [0, 0.1) is 0 Å². The first-order chi connectivity index (χ1) is 22.4. The van der Waals surface area contributed by atoms with Crippen molar-refractivity contribution < 1.29 is 18.7 Å². The number of alkyl halides is 1. The van der Waals surface area contributed by atoms with Crippen LogP contribution in [0.5, 0.6) is 5.75 Å². The number of hydrogen-bond donors (Lipinski definition) is 4. The van der Waals surface area contributed by atoms with Crippen molar-refractivity contribution in [3.05, 3.63) is 93.9 Å². The number of rotatable bonds is 14. The summed E-state index contributed by atoms with van der Waals surface area (Å²) in [6.45, 7) is 1.99. The van der Waals surface area contributed by atoms with Gasteiger partial charge in [-0.1, -0.05) is 53.5 Å². The van der Waals surface area contributed by atoms with Crippen molar-refractivity contribution in [1.29, 1.82) is 0 Å². The summed E-state index contributed by atoms with van der Waals surface area (Å²) in [6, 6.07) is 16.5. The van der Waals surface area contributed by atoms with Crippen molar-refractivity contribution in [3.8, 4) is 28.1 Å². The molecule has 0 saturated carbocycles. The molecule has 0 aliphatic carbocycles. The Labute approximate surface area is 277 Å². The molecule has 5 rings (SSSR count). The lowest BCUT2D eigenvalue weighted by molar-refractivity contribution is -0.119. The van der Waals surface area contributed by atoms with Crippen LogP contribution in [-0.4, -0.2) is 54.7 Å². The molecule has 1 saturated heterocycles. The molecule has 9 nitrogen and oxygen atoms in total. The average molecular weight is 666 g/mol. The molecule has 240 valence electrons. The summed E-state index contributed by atoms with van der Waals surface area (Å²) in [5.41, 5.74) is 5.09. The predicted molar refractivity (Wildman–Crippen MR) is 179 cm³/mol. The minimum atomic E-state index is -0.410. The zero-order valence-corrected chi connectivity index (χ0v) is 26.8. The number of aromatic nitrogens is 2. The zero-order valence-electron chi connectivity index (χ0n) is 25.3. The molecular weight excluding hydrogens is 630 g/mol. The highest BCUT2D eigenvalue weighted by Crippen LogP contribution is 2.41. The number of carbonyl (C=O) groups is 2. The fourth-order valence-electron chi connectivity index (χ4n) is 5.21. The predicted octanol–water partition coefficient (Wildman–Crippen LogP) is 6.20. The standard InChI is InChI=1S/C34H35Cl2FN6O3/c1-46-29-16-22(7-8-23(29)19-39-20-24-9-11-30(44)42-24)33-32(36)26(12-15-40-33)25-4-2-5-27(31(25)35)43-34(45)28-10-6-21(18-41-28)17-38-14-3-13-37/h2,4-8,10,12,15-16,18,24,38-39H,3,9,11,13-14,17,19-20H2,1H3,(H,42,44)(H,43,45)/t24-/m1/s1. The number of amides is 2. The molecule has 1 fully saturated rings. The van der Waals surface area contributed by atoms with E-state index in [0.717, 1.165) is 23.1 Å². The number of hydrogen-bond acceptors (Lipinski definition) is 7. The van der Waals surface area contributed by atoms with Crippen molar-refractivity contribution in [2.24, 2.45) is 0 Å². The molecule has 2 aromatic carbocycles. The third-order valence-electron chi connectivity index (χ3n) is 7.65. The first kappa shape index (κ1) is 33.3. The SMILES string of the molecule is COc1cc(-c2nccc(-c3cccc(NC(=O)c4ccc(CNCCCF)cn4)c3Cl)c2Cl)ccc1CNC[C@H]1CCC(=O)N1. The molecule has 12 heteroatoms. The second-order valence-electron chi connectivity index (χ2n) is 10.9. The number of pyridine rings is 2. The Morgan fingerprint density at radius 1 is 1.04 bits per heavy atom. The largest absolute Gasteiger partial charge is 0.496 e. The van der Waals surface area contributed by atoms with E-state index < -0.39 is 5.91 Å². The van der Waals surface area contributed by atoms with Crippen molar-refractivity contribution in [2.45, 2.75) is 38.4 Å². The topological polar surface area (TPSA) is 117 Å². The first-order valence-electron chi connectivity index (χ1n) is 15.0. The van der Waals surface area contributed by atoms with Gasteiger partial charge in [-0.3, -0.25) is 23.9 Å². The van der Waals surface area contributed by atoms with Crippen molar-refractivity contribution in [1.82, 2.24) is 25.9 Å². The Kier molecular flexibility index (Phi) is 11.5. The smallest absolute Gasteiger partial charge is 0.274 e. The van der Waals surface area contributed by atoms with Gasteiger partial charge in [0.2, 0.25) is 5.91 Å². The number of nitrogens with zero attached hydrogens (tertiary/aromatic N) is 2. The van der Waals surface area contributed by atoms with E-state index in [0.29, 0.717) is 77.3 Å². The van der Waals surface area contributed by atoms with Gasteiger partial charge in [0.15, 0.2) is 0 Å². The van der Waals surface area contributed by atoms with E-state index in [1.807, 2.05) is 24.3 Å². The number of benzene rings is 2.